The Kier molecular flexibility index (Phi) is 4.91. The van der Waals surface area contributed by atoms with Gasteiger partial charge in [-0.3, -0.25) is 9.80 Å². The quantitative estimate of drug-likeness (QED) is 0.571. The molecule has 2 aliphatic heterocycles. The standard InChI is InChI=1S/C29H32F3N3/c1-17-8-23-22-5-3-2-4-19(22)9-24(23)28(35(17)29-12-18(13-29)14-29)27-25(31)10-20(11-26(27)32)33-21-15-34(16-21)7-6-30/h2-5,10-11,17-18,21,28,33H,6-9,12-16H2,1H3/t17-,18?,28+,29?/m1/s1. The van der Waals surface area contributed by atoms with Crippen LogP contribution in [0.1, 0.15) is 55.3 Å². The lowest BCUT2D eigenvalue weighted by atomic mass is 9.48. The molecule has 3 saturated carbocycles. The third-order valence-electron chi connectivity index (χ3n) is 9.33. The highest BCUT2D eigenvalue weighted by molar-refractivity contribution is 5.79. The lowest BCUT2D eigenvalue weighted by molar-refractivity contribution is -0.173. The van der Waals surface area contributed by atoms with Gasteiger partial charge >= 0.3 is 0 Å². The summed E-state index contributed by atoms with van der Waals surface area (Å²) in [4.78, 5) is 4.49. The molecule has 1 N–H and O–H groups in total. The number of rotatable bonds is 6. The number of fused-ring (bicyclic) bond motifs is 2. The van der Waals surface area contributed by atoms with Gasteiger partial charge in [-0.25, -0.2) is 13.2 Å². The minimum Gasteiger partial charge on any atom is -0.380 e. The van der Waals surface area contributed by atoms with Crippen LogP contribution in [0.2, 0.25) is 0 Å². The van der Waals surface area contributed by atoms with Crippen molar-refractivity contribution in [3.63, 3.8) is 0 Å². The molecule has 0 radical (unpaired) electrons. The predicted octanol–water partition coefficient (Wildman–Crippen LogP) is 5.73. The van der Waals surface area contributed by atoms with Gasteiger partial charge in [0.1, 0.15) is 18.3 Å². The second-order valence-electron chi connectivity index (χ2n) is 11.5. The highest BCUT2D eigenvalue weighted by Crippen LogP contribution is 2.65. The molecule has 2 atom stereocenters. The van der Waals surface area contributed by atoms with Crippen molar-refractivity contribution in [1.29, 1.82) is 0 Å². The minimum absolute atomic E-state index is 0.0943. The Hall–Kier alpha value is -2.31. The first kappa shape index (κ1) is 21.9. The fourth-order valence-electron chi connectivity index (χ4n) is 7.70. The van der Waals surface area contributed by atoms with Crippen molar-refractivity contribution < 1.29 is 13.2 Å². The Morgan fingerprint density at radius 2 is 1.77 bits per heavy atom. The second-order valence-corrected chi connectivity index (χ2v) is 11.5. The molecule has 0 unspecified atom stereocenters. The van der Waals surface area contributed by atoms with Crippen molar-refractivity contribution in [2.75, 3.05) is 31.6 Å². The van der Waals surface area contributed by atoms with Crippen LogP contribution in [0.15, 0.2) is 42.0 Å². The summed E-state index contributed by atoms with van der Waals surface area (Å²) in [5.74, 6) is -0.142. The summed E-state index contributed by atoms with van der Waals surface area (Å²) in [5.41, 5.74) is 5.80. The molecule has 184 valence electrons. The number of hydrogen-bond acceptors (Lipinski definition) is 3. The van der Waals surface area contributed by atoms with E-state index in [1.807, 2.05) is 4.90 Å². The zero-order valence-corrected chi connectivity index (χ0v) is 20.2. The zero-order valence-electron chi connectivity index (χ0n) is 20.2. The van der Waals surface area contributed by atoms with E-state index in [1.165, 1.54) is 34.4 Å². The van der Waals surface area contributed by atoms with Gasteiger partial charge in [0.2, 0.25) is 0 Å². The van der Waals surface area contributed by atoms with Crippen LogP contribution >= 0.6 is 0 Å². The monoisotopic (exact) mass is 479 g/mol. The van der Waals surface area contributed by atoms with Gasteiger partial charge < -0.3 is 5.32 Å². The number of nitrogens with one attached hydrogen (secondary N) is 1. The molecule has 0 spiro atoms. The van der Waals surface area contributed by atoms with Gasteiger partial charge in [-0.2, -0.15) is 0 Å². The molecule has 8 rings (SSSR count). The number of alkyl halides is 1. The molecular weight excluding hydrogens is 447 g/mol. The highest BCUT2D eigenvalue weighted by atomic mass is 19.1. The van der Waals surface area contributed by atoms with Crippen LogP contribution in [0, 0.1) is 17.6 Å². The largest absolute Gasteiger partial charge is 0.380 e. The lowest BCUT2D eigenvalue weighted by Gasteiger charge is -2.70. The maximum absolute atomic E-state index is 15.9. The fraction of sp³-hybridized carbons (Fsp3) is 0.517. The first-order valence-electron chi connectivity index (χ1n) is 13.1. The summed E-state index contributed by atoms with van der Waals surface area (Å²) in [7, 11) is 0. The second kappa shape index (κ2) is 7.84. The lowest BCUT2D eigenvalue weighted by Crippen LogP contribution is -2.71. The Morgan fingerprint density at radius 1 is 1.06 bits per heavy atom. The van der Waals surface area contributed by atoms with E-state index in [1.54, 1.807) is 0 Å². The van der Waals surface area contributed by atoms with Gasteiger partial charge in [-0.1, -0.05) is 24.3 Å². The first-order valence-corrected chi connectivity index (χ1v) is 13.1. The Labute approximate surface area is 205 Å². The zero-order chi connectivity index (χ0) is 23.9. The third kappa shape index (κ3) is 3.25. The molecule has 2 bridgehead atoms. The molecule has 6 heteroatoms. The van der Waals surface area contributed by atoms with E-state index in [9.17, 15) is 4.39 Å². The molecule has 2 aromatic rings. The summed E-state index contributed by atoms with van der Waals surface area (Å²) in [6, 6.07) is 11.4. The van der Waals surface area contributed by atoms with Gasteiger partial charge in [0.15, 0.2) is 0 Å². The van der Waals surface area contributed by atoms with Gasteiger partial charge in [-0.05, 0) is 79.4 Å². The van der Waals surface area contributed by atoms with Crippen molar-refractivity contribution in [2.45, 2.75) is 62.7 Å². The summed E-state index contributed by atoms with van der Waals surface area (Å²) >= 11 is 0. The summed E-state index contributed by atoms with van der Waals surface area (Å²) < 4.78 is 44.3. The van der Waals surface area contributed by atoms with Crippen LogP contribution in [0.4, 0.5) is 18.9 Å². The first-order chi connectivity index (χ1) is 17.0. The molecule has 6 aliphatic rings. The Balaban J connectivity index is 1.26. The molecule has 35 heavy (non-hydrogen) atoms. The van der Waals surface area contributed by atoms with Gasteiger partial charge in [0.25, 0.3) is 0 Å². The van der Waals surface area contributed by atoms with Crippen LogP contribution in [-0.4, -0.2) is 53.7 Å². The van der Waals surface area contributed by atoms with Gasteiger partial charge in [-0.15, -0.1) is 0 Å². The molecule has 0 amide bonds. The van der Waals surface area contributed by atoms with E-state index in [2.05, 4.69) is 41.4 Å². The Bertz CT molecular complexity index is 1180. The van der Waals surface area contributed by atoms with Crippen LogP contribution < -0.4 is 5.32 Å². The average Bonchev–Trinajstić information content (AvgIpc) is 3.10. The van der Waals surface area contributed by atoms with E-state index < -0.39 is 11.6 Å². The van der Waals surface area contributed by atoms with Gasteiger partial charge in [0.05, 0.1) is 12.1 Å². The molecule has 4 fully saturated rings. The van der Waals surface area contributed by atoms with E-state index in [4.69, 9.17) is 0 Å². The number of benzene rings is 2. The van der Waals surface area contributed by atoms with E-state index in [0.717, 1.165) is 38.0 Å². The normalized spacial score (nSPS) is 31.9. The van der Waals surface area contributed by atoms with Crippen molar-refractivity contribution >= 4 is 11.3 Å². The molecule has 3 nitrogen and oxygen atoms in total. The SMILES string of the molecule is C[C@@H]1CC2=C(Cc3ccccc32)[C@@H](c2c(F)cc(NC3CN(CCF)C3)cc2F)N1C12CC(C1)C2. The molecular formula is C29H32F3N3. The average molecular weight is 480 g/mol. The van der Waals surface area contributed by atoms with Crippen molar-refractivity contribution in [3.8, 4) is 0 Å². The fourth-order valence-corrected chi connectivity index (χ4v) is 7.70. The third-order valence-corrected chi connectivity index (χ3v) is 9.33. The maximum Gasteiger partial charge on any atom is 0.133 e. The number of anilines is 1. The summed E-state index contributed by atoms with van der Waals surface area (Å²) in [6.07, 6.45) is 5.18. The molecule has 2 heterocycles. The van der Waals surface area contributed by atoms with Crippen molar-refractivity contribution in [3.05, 3.63) is 70.3 Å². The summed E-state index contributed by atoms with van der Waals surface area (Å²) in [5, 5.41) is 3.25. The van der Waals surface area contributed by atoms with Crippen LogP contribution in [0.25, 0.3) is 5.57 Å². The van der Waals surface area contributed by atoms with E-state index in [-0.39, 0.29) is 35.9 Å². The molecule has 2 aromatic carbocycles. The van der Waals surface area contributed by atoms with E-state index in [0.29, 0.717) is 25.3 Å². The molecule has 1 saturated heterocycles. The molecule has 0 aromatic heterocycles. The van der Waals surface area contributed by atoms with Crippen LogP contribution in [0.5, 0.6) is 0 Å². The van der Waals surface area contributed by atoms with E-state index >= 15 is 8.78 Å². The Morgan fingerprint density at radius 3 is 2.43 bits per heavy atom. The highest BCUT2D eigenvalue weighted by Gasteiger charge is 2.63. The number of halogens is 3. The van der Waals surface area contributed by atoms with Crippen molar-refractivity contribution in [2.24, 2.45) is 5.92 Å². The van der Waals surface area contributed by atoms with Crippen LogP contribution in [0.3, 0.4) is 0 Å². The molecule has 4 aliphatic carbocycles. The minimum atomic E-state index is -0.467. The predicted molar refractivity (Wildman–Crippen MR) is 132 cm³/mol. The number of likely N-dealkylation sites (tertiary alicyclic amines) is 1. The summed E-state index contributed by atoms with van der Waals surface area (Å²) in [6.45, 7) is 3.68. The van der Waals surface area contributed by atoms with Crippen molar-refractivity contribution in [1.82, 2.24) is 9.80 Å². The number of nitrogens with zero attached hydrogens (tertiary/aromatic N) is 2. The van der Waals surface area contributed by atoms with Gasteiger partial charge in [0, 0.05) is 42.5 Å². The smallest absolute Gasteiger partial charge is 0.133 e. The number of hydrogen-bond donors (Lipinski definition) is 1. The maximum atomic E-state index is 15.9. The topological polar surface area (TPSA) is 18.5 Å². The van der Waals surface area contributed by atoms with Crippen LogP contribution in [-0.2, 0) is 6.42 Å².